The van der Waals surface area contributed by atoms with Gasteiger partial charge in [-0.15, -0.1) is 0 Å². The third-order valence-electron chi connectivity index (χ3n) is 1.79. The van der Waals surface area contributed by atoms with Crippen molar-refractivity contribution in [1.82, 2.24) is 5.32 Å². The fourth-order valence-corrected chi connectivity index (χ4v) is 1.19. The number of nitrogens with one attached hydrogen (secondary N) is 1. The first-order valence-corrected chi connectivity index (χ1v) is 3.78. The predicted octanol–water partition coefficient (Wildman–Crippen LogP) is 1.94. The maximum atomic E-state index is 9.20. The number of benzene rings is 1. The molecule has 0 aliphatic carbocycles. The van der Waals surface area contributed by atoms with Crippen LogP contribution in [0.2, 0.25) is 0 Å². The van der Waals surface area contributed by atoms with Crippen LogP contribution < -0.4 is 5.32 Å². The smallest absolute Gasteiger partial charge is 0.116 e. The molecule has 1 aliphatic rings. The lowest BCUT2D eigenvalue weighted by atomic mass is 10.1. The molecule has 0 radical (unpaired) electrons. The summed E-state index contributed by atoms with van der Waals surface area (Å²) in [5, 5.41) is 12.2. The van der Waals surface area contributed by atoms with E-state index in [2.05, 4.69) is 5.32 Å². The topological polar surface area (TPSA) is 32.3 Å². The van der Waals surface area contributed by atoms with E-state index in [0.29, 0.717) is 5.75 Å². The second-order valence-electron chi connectivity index (χ2n) is 2.65. The maximum Gasteiger partial charge on any atom is 0.116 e. The highest BCUT2D eigenvalue weighted by Crippen LogP contribution is 2.19. The molecule has 2 heteroatoms. The van der Waals surface area contributed by atoms with Gasteiger partial charge in [0.2, 0.25) is 0 Å². The maximum absolute atomic E-state index is 9.20. The van der Waals surface area contributed by atoms with Crippen molar-refractivity contribution >= 4 is 12.2 Å². The Labute approximate surface area is 70.9 Å². The van der Waals surface area contributed by atoms with Crippen LogP contribution in [0.4, 0.5) is 0 Å². The van der Waals surface area contributed by atoms with Gasteiger partial charge in [-0.1, -0.05) is 6.07 Å². The van der Waals surface area contributed by atoms with Crippen molar-refractivity contribution in [2.45, 2.75) is 0 Å². The Kier molecular flexibility index (Phi) is 1.59. The lowest BCUT2D eigenvalue weighted by Gasteiger charge is -1.99. The van der Waals surface area contributed by atoms with E-state index in [-0.39, 0.29) is 0 Å². The number of phenolic OH excluding ortho intramolecular Hbond substituents is 1. The standard InChI is InChI=1S/C10H9NO/c12-10-2-1-8-3-5-11-6-4-9(8)7-10/h1-7,11-12H. The molecular weight excluding hydrogens is 150 g/mol. The molecular formula is C10H9NO. The lowest BCUT2D eigenvalue weighted by Crippen LogP contribution is -1.86. The van der Waals surface area contributed by atoms with Gasteiger partial charge >= 0.3 is 0 Å². The molecule has 0 atom stereocenters. The van der Waals surface area contributed by atoms with E-state index in [0.717, 1.165) is 11.1 Å². The molecule has 1 aliphatic heterocycles. The van der Waals surface area contributed by atoms with Gasteiger partial charge in [-0.25, -0.2) is 0 Å². The van der Waals surface area contributed by atoms with Crippen LogP contribution in [-0.2, 0) is 0 Å². The summed E-state index contributed by atoms with van der Waals surface area (Å²) in [6.45, 7) is 0. The van der Waals surface area contributed by atoms with E-state index in [1.165, 1.54) is 0 Å². The molecule has 12 heavy (non-hydrogen) atoms. The fourth-order valence-electron chi connectivity index (χ4n) is 1.19. The Bertz CT molecular complexity index is 353. The van der Waals surface area contributed by atoms with E-state index in [1.807, 2.05) is 30.6 Å². The van der Waals surface area contributed by atoms with E-state index in [4.69, 9.17) is 0 Å². The van der Waals surface area contributed by atoms with Crippen molar-refractivity contribution in [1.29, 1.82) is 0 Å². The van der Waals surface area contributed by atoms with Crippen LogP contribution in [0.15, 0.2) is 30.6 Å². The van der Waals surface area contributed by atoms with Crippen LogP contribution in [0.1, 0.15) is 11.1 Å². The molecule has 0 spiro atoms. The highest BCUT2D eigenvalue weighted by Gasteiger charge is 1.98. The summed E-state index contributed by atoms with van der Waals surface area (Å²) in [4.78, 5) is 0. The van der Waals surface area contributed by atoms with Gasteiger partial charge in [0.25, 0.3) is 0 Å². The molecule has 0 fully saturated rings. The van der Waals surface area contributed by atoms with Crippen LogP contribution in [0.5, 0.6) is 5.75 Å². The summed E-state index contributed by atoms with van der Waals surface area (Å²) in [6.07, 6.45) is 7.59. The molecule has 0 bridgehead atoms. The van der Waals surface area contributed by atoms with Crippen LogP contribution in [0, 0.1) is 0 Å². The molecule has 0 aromatic heterocycles. The summed E-state index contributed by atoms with van der Waals surface area (Å²) < 4.78 is 0. The molecule has 60 valence electrons. The SMILES string of the molecule is Oc1ccc2c(c1)C=CNC=C2. The molecule has 2 N–H and O–H groups in total. The summed E-state index contributed by atoms with van der Waals surface area (Å²) in [5.74, 6) is 0.300. The van der Waals surface area contributed by atoms with Crippen LogP contribution in [-0.4, -0.2) is 5.11 Å². The minimum atomic E-state index is 0.300. The number of fused-ring (bicyclic) bond motifs is 1. The lowest BCUT2D eigenvalue weighted by molar-refractivity contribution is 0.475. The first kappa shape index (κ1) is 6.98. The zero-order valence-corrected chi connectivity index (χ0v) is 6.49. The Morgan fingerprint density at radius 1 is 1.00 bits per heavy atom. The molecule has 1 aromatic carbocycles. The van der Waals surface area contributed by atoms with Crippen molar-refractivity contribution in [3.05, 3.63) is 41.7 Å². The Balaban J connectivity index is 2.58. The number of rotatable bonds is 0. The summed E-state index contributed by atoms with van der Waals surface area (Å²) >= 11 is 0. The van der Waals surface area contributed by atoms with E-state index < -0.39 is 0 Å². The number of aromatic hydroxyl groups is 1. The average Bonchev–Trinajstić information content (AvgIpc) is 2.28. The van der Waals surface area contributed by atoms with Gasteiger partial charge < -0.3 is 10.4 Å². The predicted molar refractivity (Wildman–Crippen MR) is 49.3 cm³/mol. The second kappa shape index (κ2) is 2.74. The molecule has 0 amide bonds. The highest BCUT2D eigenvalue weighted by molar-refractivity contribution is 5.68. The molecule has 0 unspecified atom stereocenters. The molecule has 1 heterocycles. The first-order valence-electron chi connectivity index (χ1n) is 3.78. The van der Waals surface area contributed by atoms with Crippen LogP contribution in [0.25, 0.3) is 12.2 Å². The minimum absolute atomic E-state index is 0.300. The van der Waals surface area contributed by atoms with Crippen molar-refractivity contribution in [2.24, 2.45) is 0 Å². The zero-order valence-electron chi connectivity index (χ0n) is 6.49. The van der Waals surface area contributed by atoms with Gasteiger partial charge in [-0.2, -0.15) is 0 Å². The highest BCUT2D eigenvalue weighted by atomic mass is 16.3. The van der Waals surface area contributed by atoms with Crippen molar-refractivity contribution in [2.75, 3.05) is 0 Å². The first-order chi connectivity index (χ1) is 5.86. The fraction of sp³-hybridized carbons (Fsp3) is 0. The van der Waals surface area contributed by atoms with E-state index >= 15 is 0 Å². The number of hydrogen-bond donors (Lipinski definition) is 2. The monoisotopic (exact) mass is 159 g/mol. The summed E-state index contributed by atoms with van der Waals surface area (Å²) in [6, 6.07) is 5.31. The largest absolute Gasteiger partial charge is 0.508 e. The molecule has 0 saturated carbocycles. The molecule has 1 aromatic rings. The third-order valence-corrected chi connectivity index (χ3v) is 1.79. The van der Waals surface area contributed by atoms with Gasteiger partial charge in [0.1, 0.15) is 5.75 Å². The average molecular weight is 159 g/mol. The quantitative estimate of drug-likeness (QED) is 0.606. The zero-order chi connectivity index (χ0) is 8.39. The van der Waals surface area contributed by atoms with Crippen LogP contribution >= 0.6 is 0 Å². The summed E-state index contributed by atoms with van der Waals surface area (Å²) in [5.41, 5.74) is 2.13. The van der Waals surface area contributed by atoms with Gasteiger partial charge in [-0.05, 0) is 35.4 Å². The molecule has 0 saturated heterocycles. The summed E-state index contributed by atoms with van der Waals surface area (Å²) in [7, 11) is 0. The third kappa shape index (κ3) is 1.19. The number of hydrogen-bond acceptors (Lipinski definition) is 2. The van der Waals surface area contributed by atoms with Gasteiger partial charge in [0.05, 0.1) is 0 Å². The van der Waals surface area contributed by atoms with Crippen molar-refractivity contribution in [3.63, 3.8) is 0 Å². The van der Waals surface area contributed by atoms with E-state index in [9.17, 15) is 5.11 Å². The second-order valence-corrected chi connectivity index (χ2v) is 2.65. The van der Waals surface area contributed by atoms with Crippen molar-refractivity contribution in [3.8, 4) is 5.75 Å². The normalized spacial score (nSPS) is 13.3. The molecule has 2 nitrogen and oxygen atoms in total. The Morgan fingerprint density at radius 2 is 1.75 bits per heavy atom. The van der Waals surface area contributed by atoms with Crippen molar-refractivity contribution < 1.29 is 5.11 Å². The molecule has 2 rings (SSSR count). The van der Waals surface area contributed by atoms with E-state index in [1.54, 1.807) is 12.1 Å². The Hall–Kier alpha value is -1.70. The Morgan fingerprint density at radius 3 is 2.58 bits per heavy atom. The minimum Gasteiger partial charge on any atom is -0.508 e. The van der Waals surface area contributed by atoms with Gasteiger partial charge in [-0.3, -0.25) is 0 Å². The van der Waals surface area contributed by atoms with Gasteiger partial charge in [0.15, 0.2) is 0 Å². The van der Waals surface area contributed by atoms with Gasteiger partial charge in [0, 0.05) is 12.4 Å². The number of phenols is 1. The van der Waals surface area contributed by atoms with Crippen LogP contribution in [0.3, 0.4) is 0 Å².